The molecule has 0 saturated carbocycles. The quantitative estimate of drug-likeness (QED) is 0.836. The topological polar surface area (TPSA) is 38.8 Å². The van der Waals surface area contributed by atoms with Gasteiger partial charge in [-0.25, -0.2) is 0 Å². The highest BCUT2D eigenvalue weighted by molar-refractivity contribution is 5.94. The normalized spacial score (nSPS) is 15.3. The minimum Gasteiger partial charge on any atom is -0.486 e. The van der Waals surface area contributed by atoms with Crippen LogP contribution in [0.1, 0.15) is 46.8 Å². The first kappa shape index (κ1) is 17.0. The molecule has 2 aromatic rings. The monoisotopic (exact) mass is 351 g/mol. The molecule has 1 aliphatic carbocycles. The molecule has 1 aliphatic heterocycles. The van der Waals surface area contributed by atoms with Crippen LogP contribution in [0.2, 0.25) is 0 Å². The summed E-state index contributed by atoms with van der Waals surface area (Å²) < 4.78 is 11.5. The highest BCUT2D eigenvalue weighted by atomic mass is 16.6. The molecule has 2 aliphatic rings. The number of para-hydroxylation sites is 1. The molecule has 4 rings (SSSR count). The standard InChI is InChI=1S/C22H25NO3/c1-2-23(15-19-8-5-9-20-21(19)26-13-12-25-20)22(24)18-11-10-16-6-3-4-7-17(16)14-18/h5,8-11,14H,2-4,6-7,12-13,15H2,1H3. The molecule has 0 saturated heterocycles. The molecular formula is C22H25NO3. The summed E-state index contributed by atoms with van der Waals surface area (Å²) in [5, 5.41) is 0. The van der Waals surface area contributed by atoms with Gasteiger partial charge in [-0.05, 0) is 61.9 Å². The third-order valence-electron chi connectivity index (χ3n) is 5.27. The molecule has 0 radical (unpaired) electrons. The zero-order chi connectivity index (χ0) is 17.9. The highest BCUT2D eigenvalue weighted by Crippen LogP contribution is 2.34. The Labute approximate surface area is 154 Å². The van der Waals surface area contributed by atoms with E-state index < -0.39 is 0 Å². The van der Waals surface area contributed by atoms with Crippen LogP contribution >= 0.6 is 0 Å². The summed E-state index contributed by atoms with van der Waals surface area (Å²) in [6.45, 7) is 4.32. The van der Waals surface area contributed by atoms with Crippen molar-refractivity contribution >= 4 is 5.91 Å². The van der Waals surface area contributed by atoms with E-state index in [0.29, 0.717) is 26.3 Å². The van der Waals surface area contributed by atoms with Crippen LogP contribution in [0.25, 0.3) is 0 Å². The average Bonchev–Trinajstić information content (AvgIpc) is 2.71. The number of nitrogens with zero attached hydrogens (tertiary/aromatic N) is 1. The molecular weight excluding hydrogens is 326 g/mol. The van der Waals surface area contributed by atoms with E-state index in [9.17, 15) is 4.79 Å². The van der Waals surface area contributed by atoms with Crippen molar-refractivity contribution in [3.63, 3.8) is 0 Å². The summed E-state index contributed by atoms with van der Waals surface area (Å²) in [7, 11) is 0. The Morgan fingerprint density at radius 2 is 1.85 bits per heavy atom. The summed E-state index contributed by atoms with van der Waals surface area (Å²) in [6.07, 6.45) is 4.69. The predicted octanol–water partition coefficient (Wildman–Crippen LogP) is 4.00. The highest BCUT2D eigenvalue weighted by Gasteiger charge is 2.21. The van der Waals surface area contributed by atoms with Crippen molar-refractivity contribution in [3.05, 3.63) is 58.7 Å². The Morgan fingerprint density at radius 3 is 2.69 bits per heavy atom. The lowest BCUT2D eigenvalue weighted by molar-refractivity contribution is 0.0749. The summed E-state index contributed by atoms with van der Waals surface area (Å²) in [4.78, 5) is 15.0. The van der Waals surface area contributed by atoms with E-state index in [1.54, 1.807) is 0 Å². The number of carbonyl (C=O) groups is 1. The van der Waals surface area contributed by atoms with Crippen molar-refractivity contribution in [2.45, 2.75) is 39.2 Å². The minimum atomic E-state index is 0.0789. The van der Waals surface area contributed by atoms with Crippen molar-refractivity contribution in [1.82, 2.24) is 4.90 Å². The first-order valence-corrected chi connectivity index (χ1v) is 9.55. The molecule has 0 aromatic heterocycles. The molecule has 4 nitrogen and oxygen atoms in total. The lowest BCUT2D eigenvalue weighted by atomic mass is 9.90. The second-order valence-electron chi connectivity index (χ2n) is 6.95. The molecule has 4 heteroatoms. The summed E-state index contributed by atoms with van der Waals surface area (Å²) in [5.74, 6) is 1.62. The smallest absolute Gasteiger partial charge is 0.254 e. The van der Waals surface area contributed by atoms with Gasteiger partial charge in [0.25, 0.3) is 5.91 Å². The fourth-order valence-electron chi connectivity index (χ4n) is 3.84. The van der Waals surface area contributed by atoms with Gasteiger partial charge in [0.1, 0.15) is 13.2 Å². The molecule has 1 amide bonds. The maximum Gasteiger partial charge on any atom is 0.254 e. The van der Waals surface area contributed by atoms with E-state index in [1.165, 1.54) is 24.0 Å². The van der Waals surface area contributed by atoms with Gasteiger partial charge in [-0.15, -0.1) is 0 Å². The number of rotatable bonds is 4. The Hall–Kier alpha value is -2.49. The third-order valence-corrected chi connectivity index (χ3v) is 5.27. The number of ether oxygens (including phenoxy) is 2. The van der Waals surface area contributed by atoms with Crippen LogP contribution in [0, 0.1) is 0 Å². The van der Waals surface area contributed by atoms with Crippen LogP contribution in [0.5, 0.6) is 11.5 Å². The molecule has 136 valence electrons. The van der Waals surface area contributed by atoms with Crippen LogP contribution in [-0.4, -0.2) is 30.6 Å². The largest absolute Gasteiger partial charge is 0.486 e. The van der Waals surface area contributed by atoms with Crippen LogP contribution in [-0.2, 0) is 19.4 Å². The molecule has 1 heterocycles. The van der Waals surface area contributed by atoms with Crippen molar-refractivity contribution in [2.24, 2.45) is 0 Å². The zero-order valence-corrected chi connectivity index (χ0v) is 15.3. The van der Waals surface area contributed by atoms with Crippen molar-refractivity contribution < 1.29 is 14.3 Å². The van der Waals surface area contributed by atoms with E-state index in [4.69, 9.17) is 9.47 Å². The lowest BCUT2D eigenvalue weighted by Gasteiger charge is -2.26. The second-order valence-corrected chi connectivity index (χ2v) is 6.95. The van der Waals surface area contributed by atoms with Crippen molar-refractivity contribution in [3.8, 4) is 11.5 Å². The van der Waals surface area contributed by atoms with E-state index in [-0.39, 0.29) is 5.91 Å². The molecule has 0 N–H and O–H groups in total. The van der Waals surface area contributed by atoms with Gasteiger partial charge in [0.15, 0.2) is 11.5 Å². The van der Waals surface area contributed by atoms with Crippen LogP contribution in [0.15, 0.2) is 36.4 Å². The maximum absolute atomic E-state index is 13.1. The van der Waals surface area contributed by atoms with E-state index in [0.717, 1.165) is 35.5 Å². The summed E-state index contributed by atoms with van der Waals surface area (Å²) in [5.41, 5.74) is 4.52. The summed E-state index contributed by atoms with van der Waals surface area (Å²) >= 11 is 0. The van der Waals surface area contributed by atoms with Gasteiger partial charge in [-0.3, -0.25) is 4.79 Å². The Balaban J connectivity index is 1.57. The van der Waals surface area contributed by atoms with E-state index in [2.05, 4.69) is 12.1 Å². The van der Waals surface area contributed by atoms with E-state index in [1.807, 2.05) is 36.1 Å². The SMILES string of the molecule is CCN(Cc1cccc2c1OCCO2)C(=O)c1ccc2c(c1)CCCC2. The number of amides is 1. The maximum atomic E-state index is 13.1. The van der Waals surface area contributed by atoms with Crippen LogP contribution in [0.3, 0.4) is 0 Å². The number of aryl methyl sites for hydroxylation is 2. The number of fused-ring (bicyclic) bond motifs is 2. The second kappa shape index (κ2) is 7.40. The molecule has 0 fully saturated rings. The number of hydrogen-bond donors (Lipinski definition) is 0. The summed E-state index contributed by atoms with van der Waals surface area (Å²) in [6, 6.07) is 12.1. The first-order valence-electron chi connectivity index (χ1n) is 9.55. The van der Waals surface area contributed by atoms with Gasteiger partial charge >= 0.3 is 0 Å². The molecule has 0 bridgehead atoms. The fraction of sp³-hybridized carbons (Fsp3) is 0.409. The van der Waals surface area contributed by atoms with Gasteiger partial charge < -0.3 is 14.4 Å². The van der Waals surface area contributed by atoms with Crippen molar-refractivity contribution in [1.29, 1.82) is 0 Å². The number of carbonyl (C=O) groups excluding carboxylic acids is 1. The number of hydrogen-bond acceptors (Lipinski definition) is 3. The molecule has 0 spiro atoms. The van der Waals surface area contributed by atoms with Gasteiger partial charge in [0.2, 0.25) is 0 Å². The predicted molar refractivity (Wildman–Crippen MR) is 101 cm³/mol. The minimum absolute atomic E-state index is 0.0789. The van der Waals surface area contributed by atoms with Gasteiger partial charge in [-0.2, -0.15) is 0 Å². The first-order chi connectivity index (χ1) is 12.8. The molecule has 2 aromatic carbocycles. The third kappa shape index (κ3) is 3.28. The van der Waals surface area contributed by atoms with Gasteiger partial charge in [-0.1, -0.05) is 18.2 Å². The van der Waals surface area contributed by atoms with Crippen molar-refractivity contribution in [2.75, 3.05) is 19.8 Å². The Bertz CT molecular complexity index is 815. The van der Waals surface area contributed by atoms with Crippen LogP contribution in [0.4, 0.5) is 0 Å². The lowest BCUT2D eigenvalue weighted by Crippen LogP contribution is -2.31. The Morgan fingerprint density at radius 1 is 1.04 bits per heavy atom. The Kier molecular flexibility index (Phi) is 4.83. The van der Waals surface area contributed by atoms with Crippen LogP contribution < -0.4 is 9.47 Å². The van der Waals surface area contributed by atoms with Gasteiger partial charge in [0, 0.05) is 24.2 Å². The zero-order valence-electron chi connectivity index (χ0n) is 15.3. The number of benzene rings is 2. The fourth-order valence-corrected chi connectivity index (χ4v) is 3.84. The average molecular weight is 351 g/mol. The molecule has 0 atom stereocenters. The van der Waals surface area contributed by atoms with Gasteiger partial charge in [0.05, 0.1) is 0 Å². The molecule has 26 heavy (non-hydrogen) atoms. The molecule has 0 unspecified atom stereocenters. The van der Waals surface area contributed by atoms with E-state index >= 15 is 0 Å².